The van der Waals surface area contributed by atoms with Crippen LogP contribution in [0.15, 0.2) is 48.1 Å². The Balaban J connectivity index is 1.87. The summed E-state index contributed by atoms with van der Waals surface area (Å²) in [5.74, 6) is -1.06. The predicted octanol–water partition coefficient (Wildman–Crippen LogP) is 4.25. The van der Waals surface area contributed by atoms with Gasteiger partial charge in [0.1, 0.15) is 18.0 Å². The second kappa shape index (κ2) is 6.21. The minimum Gasteiger partial charge on any atom is -0.306 e. The van der Waals surface area contributed by atoms with Crippen molar-refractivity contribution < 1.29 is 9.18 Å². The Hall–Kier alpha value is -2.31. The van der Waals surface area contributed by atoms with E-state index in [-0.39, 0.29) is 16.4 Å². The zero-order valence-corrected chi connectivity index (χ0v) is 12.7. The van der Waals surface area contributed by atoms with Gasteiger partial charge in [0, 0.05) is 6.07 Å². The van der Waals surface area contributed by atoms with Crippen molar-refractivity contribution in [2.45, 2.75) is 0 Å². The van der Waals surface area contributed by atoms with Crippen LogP contribution < -0.4 is 5.32 Å². The van der Waals surface area contributed by atoms with Gasteiger partial charge in [0.15, 0.2) is 0 Å². The Kier molecular flexibility index (Phi) is 4.13. The molecule has 22 heavy (non-hydrogen) atoms. The van der Waals surface area contributed by atoms with Crippen molar-refractivity contribution in [2.24, 2.45) is 0 Å². The minimum atomic E-state index is -0.683. The SMILES string of the molecule is O=C(Nc1cc(-c2cccs2)ncn1)c1c(F)cccc1Cl. The van der Waals surface area contributed by atoms with Gasteiger partial charge in [-0.2, -0.15) is 0 Å². The standard InChI is InChI=1S/C15H9ClFN3OS/c16-9-3-1-4-10(17)14(9)15(21)20-13-7-11(18-8-19-13)12-5-2-6-22-12/h1-8H,(H,18,19,20,21). The Morgan fingerprint density at radius 3 is 2.82 bits per heavy atom. The molecule has 0 aliphatic rings. The number of benzene rings is 1. The first-order chi connectivity index (χ1) is 10.6. The molecule has 0 saturated carbocycles. The molecule has 0 radical (unpaired) electrons. The summed E-state index contributed by atoms with van der Waals surface area (Å²) >= 11 is 7.39. The van der Waals surface area contributed by atoms with Crippen LogP contribution in [0.4, 0.5) is 10.2 Å². The first kappa shape index (κ1) is 14.6. The van der Waals surface area contributed by atoms with Crippen LogP contribution in [0.1, 0.15) is 10.4 Å². The van der Waals surface area contributed by atoms with Gasteiger partial charge in [-0.3, -0.25) is 4.79 Å². The third-order valence-corrected chi connectivity index (χ3v) is 4.08. The molecule has 1 N–H and O–H groups in total. The number of anilines is 1. The molecule has 0 aliphatic heterocycles. The van der Waals surface area contributed by atoms with E-state index < -0.39 is 11.7 Å². The highest BCUT2D eigenvalue weighted by Gasteiger charge is 2.16. The van der Waals surface area contributed by atoms with E-state index in [2.05, 4.69) is 15.3 Å². The highest BCUT2D eigenvalue weighted by molar-refractivity contribution is 7.13. The van der Waals surface area contributed by atoms with Crippen LogP contribution in [-0.4, -0.2) is 15.9 Å². The lowest BCUT2D eigenvalue weighted by atomic mass is 10.2. The van der Waals surface area contributed by atoms with Gasteiger partial charge in [-0.05, 0) is 23.6 Å². The number of hydrogen-bond donors (Lipinski definition) is 1. The number of carbonyl (C=O) groups is 1. The Morgan fingerprint density at radius 2 is 2.09 bits per heavy atom. The molecule has 0 fully saturated rings. The molecule has 110 valence electrons. The summed E-state index contributed by atoms with van der Waals surface area (Å²) in [7, 11) is 0. The molecule has 0 atom stereocenters. The van der Waals surface area contributed by atoms with E-state index >= 15 is 0 Å². The van der Waals surface area contributed by atoms with Crippen LogP contribution in [0.5, 0.6) is 0 Å². The lowest BCUT2D eigenvalue weighted by Gasteiger charge is -2.07. The molecular formula is C15H9ClFN3OS. The summed E-state index contributed by atoms with van der Waals surface area (Å²) in [6.07, 6.45) is 1.34. The van der Waals surface area contributed by atoms with E-state index in [0.29, 0.717) is 5.69 Å². The number of amides is 1. The fourth-order valence-corrected chi connectivity index (χ4v) is 2.82. The molecule has 2 aromatic heterocycles. The molecule has 0 unspecified atom stereocenters. The lowest BCUT2D eigenvalue weighted by molar-refractivity contribution is 0.102. The van der Waals surface area contributed by atoms with Gasteiger partial charge in [-0.25, -0.2) is 14.4 Å². The fraction of sp³-hybridized carbons (Fsp3) is 0. The topological polar surface area (TPSA) is 54.9 Å². The van der Waals surface area contributed by atoms with Gasteiger partial charge in [-0.15, -0.1) is 11.3 Å². The number of halogens is 2. The first-order valence-electron chi connectivity index (χ1n) is 6.26. The zero-order chi connectivity index (χ0) is 15.5. The van der Waals surface area contributed by atoms with Crippen LogP contribution in [0.3, 0.4) is 0 Å². The maximum absolute atomic E-state index is 13.7. The maximum atomic E-state index is 13.7. The van der Waals surface area contributed by atoms with Crippen molar-refractivity contribution in [3.8, 4) is 10.6 Å². The normalized spacial score (nSPS) is 10.5. The third kappa shape index (κ3) is 2.98. The van der Waals surface area contributed by atoms with E-state index in [9.17, 15) is 9.18 Å². The molecule has 2 heterocycles. The van der Waals surface area contributed by atoms with Crippen molar-refractivity contribution in [3.05, 3.63) is 64.5 Å². The van der Waals surface area contributed by atoms with Gasteiger partial charge in [0.2, 0.25) is 0 Å². The largest absolute Gasteiger partial charge is 0.306 e. The molecule has 0 aliphatic carbocycles. The van der Waals surface area contributed by atoms with Crippen LogP contribution in [0.25, 0.3) is 10.6 Å². The number of carbonyl (C=O) groups excluding carboxylic acids is 1. The molecule has 1 amide bonds. The average molecular weight is 334 g/mol. The first-order valence-corrected chi connectivity index (χ1v) is 7.52. The molecule has 7 heteroatoms. The Bertz CT molecular complexity index is 803. The van der Waals surface area contributed by atoms with Crippen molar-refractivity contribution in [2.75, 3.05) is 5.32 Å². The maximum Gasteiger partial charge on any atom is 0.261 e. The number of rotatable bonds is 3. The van der Waals surface area contributed by atoms with Gasteiger partial charge in [-0.1, -0.05) is 23.7 Å². The van der Waals surface area contributed by atoms with Crippen LogP contribution in [0, 0.1) is 5.82 Å². The number of hydrogen-bond acceptors (Lipinski definition) is 4. The second-order valence-electron chi connectivity index (χ2n) is 4.32. The number of nitrogens with one attached hydrogen (secondary N) is 1. The van der Waals surface area contributed by atoms with E-state index in [1.807, 2.05) is 17.5 Å². The summed E-state index contributed by atoms with van der Waals surface area (Å²) in [4.78, 5) is 21.2. The summed E-state index contributed by atoms with van der Waals surface area (Å²) in [5, 5.41) is 4.50. The summed E-state index contributed by atoms with van der Waals surface area (Å²) in [5.41, 5.74) is 0.473. The number of aromatic nitrogens is 2. The van der Waals surface area contributed by atoms with E-state index in [1.54, 1.807) is 6.07 Å². The van der Waals surface area contributed by atoms with E-state index in [0.717, 1.165) is 4.88 Å². The van der Waals surface area contributed by atoms with Crippen molar-refractivity contribution in [1.82, 2.24) is 9.97 Å². The van der Waals surface area contributed by atoms with Crippen LogP contribution in [0.2, 0.25) is 5.02 Å². The van der Waals surface area contributed by atoms with Crippen molar-refractivity contribution in [1.29, 1.82) is 0 Å². The summed E-state index contributed by atoms with van der Waals surface area (Å²) < 4.78 is 13.7. The summed E-state index contributed by atoms with van der Waals surface area (Å²) in [6.45, 7) is 0. The summed E-state index contributed by atoms with van der Waals surface area (Å²) in [6, 6.07) is 9.51. The van der Waals surface area contributed by atoms with Gasteiger partial charge >= 0.3 is 0 Å². The van der Waals surface area contributed by atoms with Crippen LogP contribution >= 0.6 is 22.9 Å². The minimum absolute atomic E-state index is 0.0463. The van der Waals surface area contributed by atoms with Gasteiger partial charge in [0.05, 0.1) is 21.2 Å². The third-order valence-electron chi connectivity index (χ3n) is 2.87. The zero-order valence-electron chi connectivity index (χ0n) is 11.1. The molecular weight excluding hydrogens is 325 g/mol. The number of thiophene rings is 1. The van der Waals surface area contributed by atoms with Crippen molar-refractivity contribution in [3.63, 3.8) is 0 Å². The molecule has 0 spiro atoms. The molecule has 0 bridgehead atoms. The van der Waals surface area contributed by atoms with Gasteiger partial charge < -0.3 is 5.32 Å². The second-order valence-corrected chi connectivity index (χ2v) is 5.67. The molecule has 4 nitrogen and oxygen atoms in total. The van der Waals surface area contributed by atoms with Crippen LogP contribution in [-0.2, 0) is 0 Å². The fourth-order valence-electron chi connectivity index (χ4n) is 1.88. The number of nitrogens with zero attached hydrogens (tertiary/aromatic N) is 2. The average Bonchev–Trinajstić information content (AvgIpc) is 3.01. The lowest BCUT2D eigenvalue weighted by Crippen LogP contribution is -2.15. The monoisotopic (exact) mass is 333 g/mol. The Morgan fingerprint density at radius 1 is 1.23 bits per heavy atom. The smallest absolute Gasteiger partial charge is 0.261 e. The molecule has 0 saturated heterocycles. The molecule has 3 aromatic rings. The van der Waals surface area contributed by atoms with Crippen molar-refractivity contribution >= 4 is 34.7 Å². The predicted molar refractivity (Wildman–Crippen MR) is 84.7 cm³/mol. The van der Waals surface area contributed by atoms with Gasteiger partial charge in [0.25, 0.3) is 5.91 Å². The highest BCUT2D eigenvalue weighted by atomic mass is 35.5. The quantitative estimate of drug-likeness (QED) is 0.779. The molecule has 3 rings (SSSR count). The Labute approximate surface area is 134 Å². The molecule has 1 aromatic carbocycles. The van der Waals surface area contributed by atoms with E-state index in [1.165, 1.54) is 35.9 Å². The van der Waals surface area contributed by atoms with E-state index in [4.69, 9.17) is 11.6 Å². The highest BCUT2D eigenvalue weighted by Crippen LogP contribution is 2.24.